The Morgan fingerprint density at radius 3 is 2.81 bits per heavy atom. The SMILES string of the molecule is CN1CC[C@@H](CN(C)c2nc(-c3ccc(F)cc3)cs2)C1. The van der Waals surface area contributed by atoms with Crippen molar-refractivity contribution in [3.63, 3.8) is 0 Å². The van der Waals surface area contributed by atoms with E-state index < -0.39 is 0 Å². The highest BCUT2D eigenvalue weighted by molar-refractivity contribution is 7.14. The van der Waals surface area contributed by atoms with Gasteiger partial charge in [-0.05, 0) is 50.2 Å². The second kappa shape index (κ2) is 6.12. The van der Waals surface area contributed by atoms with Crippen LogP contribution >= 0.6 is 11.3 Å². The highest BCUT2D eigenvalue weighted by atomic mass is 32.1. The number of benzene rings is 1. The fourth-order valence-corrected chi connectivity index (χ4v) is 3.64. The van der Waals surface area contributed by atoms with Crippen LogP contribution in [0.4, 0.5) is 9.52 Å². The quantitative estimate of drug-likeness (QED) is 0.863. The molecule has 5 heteroatoms. The zero-order chi connectivity index (χ0) is 14.8. The molecule has 0 unspecified atom stereocenters. The van der Waals surface area contributed by atoms with Gasteiger partial charge in [0.05, 0.1) is 5.69 Å². The van der Waals surface area contributed by atoms with E-state index in [1.807, 2.05) is 5.38 Å². The molecule has 1 fully saturated rings. The van der Waals surface area contributed by atoms with Crippen molar-refractivity contribution < 1.29 is 4.39 Å². The van der Waals surface area contributed by atoms with Crippen molar-refractivity contribution in [3.8, 4) is 11.3 Å². The van der Waals surface area contributed by atoms with E-state index in [0.29, 0.717) is 0 Å². The molecule has 1 aromatic heterocycles. The molecule has 21 heavy (non-hydrogen) atoms. The molecule has 0 N–H and O–H groups in total. The molecule has 1 aromatic carbocycles. The maximum Gasteiger partial charge on any atom is 0.185 e. The van der Waals surface area contributed by atoms with Gasteiger partial charge in [-0.25, -0.2) is 9.37 Å². The Morgan fingerprint density at radius 1 is 1.38 bits per heavy atom. The van der Waals surface area contributed by atoms with Gasteiger partial charge in [0, 0.05) is 31.1 Å². The van der Waals surface area contributed by atoms with Crippen LogP contribution in [-0.2, 0) is 0 Å². The van der Waals surface area contributed by atoms with Crippen LogP contribution in [-0.4, -0.2) is 43.6 Å². The largest absolute Gasteiger partial charge is 0.351 e. The highest BCUT2D eigenvalue weighted by Crippen LogP contribution is 2.28. The Labute approximate surface area is 129 Å². The fraction of sp³-hybridized carbons (Fsp3) is 0.438. The summed E-state index contributed by atoms with van der Waals surface area (Å²) in [5, 5.41) is 3.07. The number of thiazole rings is 1. The van der Waals surface area contributed by atoms with E-state index in [9.17, 15) is 4.39 Å². The van der Waals surface area contributed by atoms with Crippen LogP contribution in [0, 0.1) is 11.7 Å². The van der Waals surface area contributed by atoms with Gasteiger partial charge in [0.15, 0.2) is 5.13 Å². The minimum absolute atomic E-state index is 0.211. The molecule has 2 heterocycles. The summed E-state index contributed by atoms with van der Waals surface area (Å²) in [6.07, 6.45) is 1.26. The smallest absolute Gasteiger partial charge is 0.185 e. The van der Waals surface area contributed by atoms with E-state index in [1.54, 1.807) is 23.5 Å². The molecule has 1 atom stereocenters. The van der Waals surface area contributed by atoms with Gasteiger partial charge < -0.3 is 9.80 Å². The molecule has 1 aliphatic rings. The van der Waals surface area contributed by atoms with E-state index in [-0.39, 0.29) is 5.82 Å². The Bertz CT molecular complexity index is 596. The van der Waals surface area contributed by atoms with Crippen LogP contribution in [0.15, 0.2) is 29.6 Å². The maximum absolute atomic E-state index is 13.0. The van der Waals surface area contributed by atoms with Gasteiger partial charge in [0.1, 0.15) is 5.82 Å². The first-order valence-corrected chi connectivity index (χ1v) is 8.11. The summed E-state index contributed by atoms with van der Waals surface area (Å²) in [5.41, 5.74) is 1.89. The van der Waals surface area contributed by atoms with Crippen LogP contribution in [0.3, 0.4) is 0 Å². The van der Waals surface area contributed by atoms with Crippen LogP contribution in [0.25, 0.3) is 11.3 Å². The van der Waals surface area contributed by atoms with Gasteiger partial charge in [-0.15, -0.1) is 11.3 Å². The van der Waals surface area contributed by atoms with E-state index >= 15 is 0 Å². The van der Waals surface area contributed by atoms with E-state index in [1.165, 1.54) is 31.6 Å². The molecule has 1 aliphatic heterocycles. The summed E-state index contributed by atoms with van der Waals surface area (Å²) >= 11 is 1.65. The summed E-state index contributed by atoms with van der Waals surface area (Å²) in [6.45, 7) is 3.40. The molecule has 1 saturated heterocycles. The zero-order valence-electron chi connectivity index (χ0n) is 12.4. The molecule has 3 nitrogen and oxygen atoms in total. The Morgan fingerprint density at radius 2 is 2.14 bits per heavy atom. The van der Waals surface area contributed by atoms with Gasteiger partial charge >= 0.3 is 0 Å². The first-order valence-electron chi connectivity index (χ1n) is 7.23. The van der Waals surface area contributed by atoms with Crippen LogP contribution in [0.2, 0.25) is 0 Å². The maximum atomic E-state index is 13.0. The molecule has 112 valence electrons. The lowest BCUT2D eigenvalue weighted by atomic mass is 10.1. The topological polar surface area (TPSA) is 19.4 Å². The molecule has 0 aliphatic carbocycles. The number of likely N-dealkylation sites (tertiary alicyclic amines) is 1. The first-order chi connectivity index (χ1) is 10.1. The summed E-state index contributed by atoms with van der Waals surface area (Å²) in [6, 6.07) is 6.51. The standard InChI is InChI=1S/C16H20FN3S/c1-19-8-7-12(9-19)10-20(2)16-18-15(11-21-16)13-3-5-14(17)6-4-13/h3-6,11-12H,7-10H2,1-2H3/t12-/m1/s1. The minimum atomic E-state index is -0.211. The van der Waals surface area contributed by atoms with E-state index in [4.69, 9.17) is 0 Å². The van der Waals surface area contributed by atoms with Crippen molar-refractivity contribution in [1.29, 1.82) is 0 Å². The lowest BCUT2D eigenvalue weighted by Gasteiger charge is -2.20. The zero-order valence-corrected chi connectivity index (χ0v) is 13.2. The number of nitrogens with zero attached hydrogens (tertiary/aromatic N) is 3. The highest BCUT2D eigenvalue weighted by Gasteiger charge is 2.21. The summed E-state index contributed by atoms with van der Waals surface area (Å²) in [5.74, 6) is 0.509. The third-order valence-electron chi connectivity index (χ3n) is 3.98. The average Bonchev–Trinajstić information content (AvgIpc) is 3.09. The molecular formula is C16H20FN3S. The van der Waals surface area contributed by atoms with Crippen molar-refractivity contribution in [2.75, 3.05) is 38.6 Å². The Hall–Kier alpha value is -1.46. The second-order valence-corrected chi connectivity index (χ2v) is 6.66. The number of anilines is 1. The number of hydrogen-bond donors (Lipinski definition) is 0. The molecule has 0 spiro atoms. The second-order valence-electron chi connectivity index (χ2n) is 5.82. The monoisotopic (exact) mass is 305 g/mol. The Kier molecular flexibility index (Phi) is 4.22. The van der Waals surface area contributed by atoms with Gasteiger partial charge in [0.25, 0.3) is 0 Å². The Balaban J connectivity index is 1.68. The minimum Gasteiger partial charge on any atom is -0.351 e. The van der Waals surface area contributed by atoms with E-state index in [0.717, 1.165) is 28.9 Å². The van der Waals surface area contributed by atoms with Crippen molar-refractivity contribution in [1.82, 2.24) is 9.88 Å². The number of aromatic nitrogens is 1. The normalized spacial score (nSPS) is 19.1. The van der Waals surface area contributed by atoms with Crippen LogP contribution in [0.1, 0.15) is 6.42 Å². The molecule has 0 bridgehead atoms. The molecule has 0 radical (unpaired) electrons. The number of halogens is 1. The van der Waals surface area contributed by atoms with Crippen molar-refractivity contribution in [2.24, 2.45) is 5.92 Å². The third-order valence-corrected chi connectivity index (χ3v) is 4.93. The van der Waals surface area contributed by atoms with Crippen molar-refractivity contribution in [2.45, 2.75) is 6.42 Å². The van der Waals surface area contributed by atoms with Gasteiger partial charge in [-0.1, -0.05) is 0 Å². The third kappa shape index (κ3) is 3.41. The van der Waals surface area contributed by atoms with Crippen molar-refractivity contribution >= 4 is 16.5 Å². The molecule has 3 rings (SSSR count). The molecule has 0 amide bonds. The van der Waals surface area contributed by atoms with E-state index in [2.05, 4.69) is 28.9 Å². The van der Waals surface area contributed by atoms with Gasteiger partial charge in [-0.2, -0.15) is 0 Å². The molecular weight excluding hydrogens is 285 g/mol. The number of rotatable bonds is 4. The van der Waals surface area contributed by atoms with Crippen LogP contribution in [0.5, 0.6) is 0 Å². The van der Waals surface area contributed by atoms with Gasteiger partial charge in [0.2, 0.25) is 0 Å². The van der Waals surface area contributed by atoms with Crippen molar-refractivity contribution in [3.05, 3.63) is 35.5 Å². The number of hydrogen-bond acceptors (Lipinski definition) is 4. The molecule has 0 saturated carbocycles. The lowest BCUT2D eigenvalue weighted by Crippen LogP contribution is -2.27. The fourth-order valence-electron chi connectivity index (χ4n) is 2.83. The average molecular weight is 305 g/mol. The first kappa shape index (κ1) is 14.5. The summed E-state index contributed by atoms with van der Waals surface area (Å²) < 4.78 is 13.0. The lowest BCUT2D eigenvalue weighted by molar-refractivity contribution is 0.396. The summed E-state index contributed by atoms with van der Waals surface area (Å²) in [4.78, 5) is 9.30. The predicted molar refractivity (Wildman–Crippen MR) is 86.4 cm³/mol. The van der Waals surface area contributed by atoms with Gasteiger partial charge in [-0.3, -0.25) is 0 Å². The summed E-state index contributed by atoms with van der Waals surface area (Å²) in [7, 11) is 4.28. The predicted octanol–water partition coefficient (Wildman–Crippen LogP) is 3.34. The van der Waals surface area contributed by atoms with Crippen LogP contribution < -0.4 is 4.90 Å². The molecule has 2 aromatic rings.